The summed E-state index contributed by atoms with van der Waals surface area (Å²) in [6.07, 6.45) is 2.88. The smallest absolute Gasteiger partial charge is 0.311 e. The number of aromatic nitrogens is 2. The molecule has 9 nitrogen and oxygen atoms in total. The van der Waals surface area contributed by atoms with Crippen LogP contribution in [0.2, 0.25) is 4.34 Å². The van der Waals surface area contributed by atoms with Gasteiger partial charge in [-0.3, -0.25) is 19.7 Å². The summed E-state index contributed by atoms with van der Waals surface area (Å²) in [6.45, 7) is 5.73. The molecule has 1 aliphatic carbocycles. The molecule has 0 radical (unpaired) electrons. The number of sulfone groups is 1. The lowest BCUT2D eigenvalue weighted by Crippen LogP contribution is -2.17. The zero-order chi connectivity index (χ0) is 27.6. The summed E-state index contributed by atoms with van der Waals surface area (Å²) in [5, 5.41) is 2.61. The highest BCUT2D eigenvalue weighted by Gasteiger charge is 2.36. The average Bonchev–Trinajstić information content (AvgIpc) is 3.57. The molecule has 0 spiro atoms. The van der Waals surface area contributed by atoms with E-state index in [1.807, 2.05) is 0 Å². The lowest BCUT2D eigenvalue weighted by atomic mass is 10.0. The summed E-state index contributed by atoms with van der Waals surface area (Å²) in [5.74, 6) is -1.36. The number of halogens is 1. The maximum atomic E-state index is 13.3. The fourth-order valence-corrected chi connectivity index (χ4v) is 6.55. The molecule has 1 saturated carbocycles. The Bertz CT molecular complexity index is 1470. The minimum atomic E-state index is -3.30. The molecule has 1 aliphatic rings. The third kappa shape index (κ3) is 6.33. The van der Waals surface area contributed by atoms with Crippen molar-refractivity contribution in [1.29, 1.82) is 0 Å². The second-order valence-corrected chi connectivity index (χ2v) is 13.2. The van der Waals surface area contributed by atoms with Gasteiger partial charge in [0.2, 0.25) is 0 Å². The topological polar surface area (TPSA) is 124 Å². The van der Waals surface area contributed by atoms with Gasteiger partial charge in [-0.1, -0.05) is 48.9 Å². The molecule has 1 amide bonds. The largest absolute Gasteiger partial charge is 0.466 e. The third-order valence-electron chi connectivity index (χ3n) is 5.99. The maximum absolute atomic E-state index is 13.3. The summed E-state index contributed by atoms with van der Waals surface area (Å²) in [7, 11) is -3.30. The van der Waals surface area contributed by atoms with Crippen LogP contribution in [0.5, 0.6) is 0 Å². The number of amides is 1. The van der Waals surface area contributed by atoms with Gasteiger partial charge in [-0.05, 0) is 43.5 Å². The molecule has 0 aliphatic heterocycles. The number of carbonyl (C=O) groups is 3. The van der Waals surface area contributed by atoms with Gasteiger partial charge in [0.1, 0.15) is 10.0 Å². The van der Waals surface area contributed by atoms with E-state index in [4.69, 9.17) is 16.3 Å². The Morgan fingerprint density at radius 1 is 1.21 bits per heavy atom. The number of thiazole rings is 1. The lowest BCUT2D eigenvalue weighted by Gasteiger charge is -2.10. The van der Waals surface area contributed by atoms with Crippen molar-refractivity contribution < 1.29 is 27.5 Å². The molecular weight excluding hydrogens is 550 g/mol. The van der Waals surface area contributed by atoms with Gasteiger partial charge in [0, 0.05) is 24.2 Å². The van der Waals surface area contributed by atoms with Gasteiger partial charge in [0.25, 0.3) is 5.91 Å². The number of hydrogen-bond donors (Lipinski definition) is 1. The summed E-state index contributed by atoms with van der Waals surface area (Å²) in [5.41, 5.74) is 1.68. The summed E-state index contributed by atoms with van der Waals surface area (Å²) in [4.78, 5) is 42.3. The van der Waals surface area contributed by atoms with Gasteiger partial charge in [0.15, 0.2) is 20.8 Å². The van der Waals surface area contributed by atoms with Crippen molar-refractivity contribution in [3.8, 4) is 0 Å². The molecule has 1 N–H and O–H groups in total. The number of esters is 1. The Morgan fingerprint density at radius 2 is 1.89 bits per heavy atom. The molecule has 2 heterocycles. The lowest BCUT2D eigenvalue weighted by molar-refractivity contribution is -0.142. The van der Waals surface area contributed by atoms with E-state index >= 15 is 0 Å². The van der Waals surface area contributed by atoms with E-state index in [0.717, 1.165) is 16.9 Å². The van der Waals surface area contributed by atoms with E-state index in [2.05, 4.69) is 10.3 Å². The number of nitrogens with one attached hydrogen (secondary N) is 1. The Hall–Kier alpha value is -3.02. The van der Waals surface area contributed by atoms with Gasteiger partial charge in [-0.2, -0.15) is 0 Å². The first-order chi connectivity index (χ1) is 18.0. The van der Waals surface area contributed by atoms with E-state index in [9.17, 15) is 22.8 Å². The highest BCUT2D eigenvalue weighted by molar-refractivity contribution is 7.92. The monoisotopic (exact) mass is 577 g/mol. The highest BCUT2D eigenvalue weighted by atomic mass is 35.5. The van der Waals surface area contributed by atoms with Crippen LogP contribution in [0.3, 0.4) is 0 Å². The Morgan fingerprint density at radius 3 is 2.50 bits per heavy atom. The van der Waals surface area contributed by atoms with Crippen molar-refractivity contribution >= 4 is 55.6 Å². The second kappa shape index (κ2) is 11.4. The van der Waals surface area contributed by atoms with Crippen molar-refractivity contribution in [2.75, 3.05) is 11.9 Å². The highest BCUT2D eigenvalue weighted by Crippen LogP contribution is 2.33. The van der Waals surface area contributed by atoms with Crippen molar-refractivity contribution in [2.24, 2.45) is 5.92 Å². The molecule has 202 valence electrons. The Balaban J connectivity index is 1.57. The zero-order valence-electron chi connectivity index (χ0n) is 21.2. The molecule has 0 unspecified atom stereocenters. The van der Waals surface area contributed by atoms with Gasteiger partial charge in [-0.25, -0.2) is 13.4 Å². The molecule has 38 heavy (non-hydrogen) atoms. The van der Waals surface area contributed by atoms with Crippen LogP contribution in [0.15, 0.2) is 41.4 Å². The standard InChI is InChI=1S/C26H28ClN3O6S2/c1-4-36-22(31)12-20-24(27)37-26(28-20)29-25(33)21-11-17(23(32)15(2)3)14-30(21)13-16-5-7-18(8-6-16)38(34,35)19-9-10-19/h5-8,11,14-15,19H,4,9-10,12-13H2,1-3H3,(H,28,29,33). The Labute approximate surface area is 230 Å². The molecule has 0 saturated heterocycles. The number of Topliss-reactive ketones (excluding diaryl/α,β-unsaturated/α-hetero) is 1. The fraction of sp³-hybridized carbons (Fsp3) is 0.385. The minimum Gasteiger partial charge on any atom is -0.466 e. The number of nitrogens with zero attached hydrogens (tertiary/aromatic N) is 2. The predicted molar refractivity (Wildman–Crippen MR) is 145 cm³/mol. The van der Waals surface area contributed by atoms with Gasteiger partial charge in [-0.15, -0.1) is 0 Å². The number of ether oxygens (including phenoxy) is 1. The molecule has 12 heteroatoms. The molecule has 3 aromatic rings. The summed E-state index contributed by atoms with van der Waals surface area (Å²) >= 11 is 7.23. The first kappa shape index (κ1) is 28.0. The number of anilines is 1. The van der Waals surface area contributed by atoms with Crippen LogP contribution in [0, 0.1) is 5.92 Å². The molecule has 1 fully saturated rings. The van der Waals surface area contributed by atoms with E-state index in [0.29, 0.717) is 24.1 Å². The fourth-order valence-electron chi connectivity index (χ4n) is 3.86. The van der Waals surface area contributed by atoms with E-state index in [1.165, 1.54) is 6.07 Å². The predicted octanol–water partition coefficient (Wildman–Crippen LogP) is 4.78. The number of ketones is 1. The third-order valence-corrected chi connectivity index (χ3v) is 9.52. The number of benzene rings is 1. The van der Waals surface area contributed by atoms with Crippen LogP contribution < -0.4 is 5.32 Å². The van der Waals surface area contributed by atoms with Crippen molar-refractivity contribution in [1.82, 2.24) is 9.55 Å². The van der Waals surface area contributed by atoms with Crippen molar-refractivity contribution in [3.05, 3.63) is 63.4 Å². The molecule has 4 rings (SSSR count). The molecule has 0 atom stereocenters. The maximum Gasteiger partial charge on any atom is 0.311 e. The summed E-state index contributed by atoms with van der Waals surface area (Å²) < 4.78 is 31.8. The SMILES string of the molecule is CCOC(=O)Cc1nc(NC(=O)c2cc(C(=O)C(C)C)cn2Cc2ccc(S(=O)(=O)C3CC3)cc2)sc1Cl. The second-order valence-electron chi connectivity index (χ2n) is 9.32. The Kier molecular flexibility index (Phi) is 8.39. The summed E-state index contributed by atoms with van der Waals surface area (Å²) in [6, 6.07) is 8.11. The minimum absolute atomic E-state index is 0.113. The van der Waals surface area contributed by atoms with E-state index in [-0.39, 0.29) is 56.6 Å². The number of carbonyl (C=O) groups excluding carboxylic acids is 3. The normalized spacial score (nSPS) is 13.5. The van der Waals surface area contributed by atoms with Crippen LogP contribution in [0.25, 0.3) is 0 Å². The molecule has 0 bridgehead atoms. The first-order valence-electron chi connectivity index (χ1n) is 12.2. The van der Waals surface area contributed by atoms with E-state index in [1.54, 1.807) is 55.8 Å². The molecule has 1 aromatic carbocycles. The van der Waals surface area contributed by atoms with Crippen LogP contribution in [-0.4, -0.2) is 47.5 Å². The van der Waals surface area contributed by atoms with Gasteiger partial charge >= 0.3 is 5.97 Å². The first-order valence-corrected chi connectivity index (χ1v) is 14.9. The van der Waals surface area contributed by atoms with E-state index < -0.39 is 21.7 Å². The quantitative estimate of drug-likeness (QED) is 0.257. The van der Waals surface area contributed by atoms with Gasteiger partial charge < -0.3 is 9.30 Å². The van der Waals surface area contributed by atoms with Crippen molar-refractivity contribution in [2.45, 2.75) is 56.7 Å². The van der Waals surface area contributed by atoms with Crippen LogP contribution >= 0.6 is 22.9 Å². The van der Waals surface area contributed by atoms with Crippen LogP contribution in [-0.2, 0) is 32.3 Å². The van der Waals surface area contributed by atoms with Crippen LogP contribution in [0.1, 0.15) is 65.7 Å². The zero-order valence-corrected chi connectivity index (χ0v) is 23.6. The molecular formula is C26H28ClN3O6S2. The molecule has 2 aromatic heterocycles. The average molecular weight is 578 g/mol. The van der Waals surface area contributed by atoms with Crippen molar-refractivity contribution in [3.63, 3.8) is 0 Å². The van der Waals surface area contributed by atoms with Gasteiger partial charge in [0.05, 0.1) is 28.9 Å². The van der Waals surface area contributed by atoms with Crippen LogP contribution in [0.4, 0.5) is 5.13 Å². The number of rotatable bonds is 11. The number of hydrogen-bond acceptors (Lipinski definition) is 8.